The first kappa shape index (κ1) is 25.3. The molecule has 3 N–H and O–H groups in total. The molecule has 4 rings (SSSR count). The summed E-state index contributed by atoms with van der Waals surface area (Å²) < 4.78 is 10.8. The molecule has 3 aromatic rings. The molecule has 1 amide bonds. The molecule has 34 heavy (non-hydrogen) atoms. The largest absolute Gasteiger partial charge is 0.461 e. The lowest BCUT2D eigenvalue weighted by Crippen LogP contribution is -2.41. The van der Waals surface area contributed by atoms with Gasteiger partial charge in [0.1, 0.15) is 13.2 Å². The molecule has 0 saturated carbocycles. The molecule has 0 saturated heterocycles. The van der Waals surface area contributed by atoms with Gasteiger partial charge in [-0.05, 0) is 34.2 Å². The summed E-state index contributed by atoms with van der Waals surface area (Å²) in [7, 11) is 0. The Hall–Kier alpha value is -3.35. The number of esters is 1. The number of carbonyl (C=O) groups is 2. The number of rotatable bonds is 9. The van der Waals surface area contributed by atoms with Gasteiger partial charge in [0.05, 0.1) is 0 Å². The van der Waals surface area contributed by atoms with Gasteiger partial charge in [-0.25, -0.2) is 4.79 Å². The zero-order valence-electron chi connectivity index (χ0n) is 18.8. The minimum Gasteiger partial charge on any atom is -0.461 e. The first-order valence-electron chi connectivity index (χ1n) is 11.2. The summed E-state index contributed by atoms with van der Waals surface area (Å²) in [6.45, 7) is 0.666. The van der Waals surface area contributed by atoms with Crippen molar-refractivity contribution >= 4 is 24.5 Å². The van der Waals surface area contributed by atoms with Crippen LogP contribution in [-0.4, -0.2) is 31.3 Å². The third-order valence-electron chi connectivity index (χ3n) is 5.89. The van der Waals surface area contributed by atoms with Crippen LogP contribution in [0.25, 0.3) is 11.1 Å². The Morgan fingerprint density at radius 2 is 1.44 bits per heavy atom. The van der Waals surface area contributed by atoms with Crippen LogP contribution in [0.5, 0.6) is 0 Å². The van der Waals surface area contributed by atoms with Crippen LogP contribution < -0.4 is 11.1 Å². The van der Waals surface area contributed by atoms with E-state index in [1.54, 1.807) is 0 Å². The summed E-state index contributed by atoms with van der Waals surface area (Å²) in [5.74, 6) is -0.334. The first-order valence-corrected chi connectivity index (χ1v) is 11.2. The van der Waals surface area contributed by atoms with E-state index >= 15 is 0 Å². The summed E-state index contributed by atoms with van der Waals surface area (Å²) in [5, 5.41) is 2.77. The molecule has 0 heterocycles. The van der Waals surface area contributed by atoms with Crippen molar-refractivity contribution in [2.75, 3.05) is 13.2 Å². The van der Waals surface area contributed by atoms with Gasteiger partial charge in [-0.1, -0.05) is 78.9 Å². The van der Waals surface area contributed by atoms with E-state index < -0.39 is 6.09 Å². The quantitative estimate of drug-likeness (QED) is 0.429. The van der Waals surface area contributed by atoms with E-state index in [4.69, 9.17) is 15.2 Å². The number of carbonyl (C=O) groups excluding carboxylic acids is 2. The zero-order valence-corrected chi connectivity index (χ0v) is 19.6. The van der Waals surface area contributed by atoms with Gasteiger partial charge in [0.2, 0.25) is 0 Å². The molecule has 6 nitrogen and oxygen atoms in total. The van der Waals surface area contributed by atoms with E-state index in [0.717, 1.165) is 16.7 Å². The molecule has 0 radical (unpaired) electrons. The third-order valence-corrected chi connectivity index (χ3v) is 5.89. The molecule has 1 atom stereocenters. The maximum Gasteiger partial charge on any atom is 0.407 e. The Morgan fingerprint density at radius 1 is 0.853 bits per heavy atom. The lowest BCUT2D eigenvalue weighted by Gasteiger charge is -2.18. The van der Waals surface area contributed by atoms with Crippen LogP contribution in [0.4, 0.5) is 4.79 Å². The fraction of sp³-hybridized carbons (Fsp3) is 0.259. The Bertz CT molecular complexity index is 1060. The van der Waals surface area contributed by atoms with E-state index in [-0.39, 0.29) is 56.5 Å². The molecular weight excluding hydrogens is 452 g/mol. The van der Waals surface area contributed by atoms with Crippen molar-refractivity contribution in [1.82, 2.24) is 5.32 Å². The summed E-state index contributed by atoms with van der Waals surface area (Å²) in [5.41, 5.74) is 11.4. The summed E-state index contributed by atoms with van der Waals surface area (Å²) in [6, 6.07) is 25.5. The fourth-order valence-electron chi connectivity index (χ4n) is 4.16. The molecule has 1 aliphatic carbocycles. The van der Waals surface area contributed by atoms with Crippen molar-refractivity contribution in [3.8, 4) is 11.1 Å². The molecule has 0 bridgehead atoms. The molecule has 178 valence electrons. The molecule has 3 aromatic carbocycles. The Balaban J connectivity index is 0.00000324. The van der Waals surface area contributed by atoms with Gasteiger partial charge in [0.15, 0.2) is 0 Å². The Morgan fingerprint density at radius 3 is 2.06 bits per heavy atom. The number of benzene rings is 3. The van der Waals surface area contributed by atoms with Crippen molar-refractivity contribution in [3.63, 3.8) is 0 Å². The number of amides is 1. The topological polar surface area (TPSA) is 90.7 Å². The van der Waals surface area contributed by atoms with E-state index in [9.17, 15) is 9.59 Å². The monoisotopic (exact) mass is 480 g/mol. The van der Waals surface area contributed by atoms with Crippen LogP contribution in [0, 0.1) is 0 Å². The molecule has 0 fully saturated rings. The van der Waals surface area contributed by atoms with Crippen LogP contribution in [-0.2, 0) is 20.9 Å². The maximum absolute atomic E-state index is 12.4. The smallest absolute Gasteiger partial charge is 0.407 e. The van der Waals surface area contributed by atoms with Gasteiger partial charge in [-0.3, -0.25) is 4.79 Å². The van der Waals surface area contributed by atoms with Crippen LogP contribution in [0.3, 0.4) is 0 Å². The van der Waals surface area contributed by atoms with Crippen molar-refractivity contribution < 1.29 is 19.1 Å². The highest BCUT2D eigenvalue weighted by Crippen LogP contribution is 2.44. The number of nitrogens with two attached hydrogens (primary N) is 1. The molecule has 0 unspecified atom stereocenters. The number of nitrogens with one attached hydrogen (secondary N) is 1. The number of ether oxygens (including phenoxy) is 2. The highest BCUT2D eigenvalue weighted by molar-refractivity contribution is 5.85. The predicted octanol–water partition coefficient (Wildman–Crippen LogP) is 4.80. The summed E-state index contributed by atoms with van der Waals surface area (Å²) >= 11 is 0. The second-order valence-corrected chi connectivity index (χ2v) is 8.09. The summed E-state index contributed by atoms with van der Waals surface area (Å²) in [6.07, 6.45) is 0.0112. The van der Waals surface area contributed by atoms with E-state index in [0.29, 0.717) is 6.42 Å². The van der Waals surface area contributed by atoms with Crippen LogP contribution in [0.15, 0.2) is 78.9 Å². The van der Waals surface area contributed by atoms with Crippen LogP contribution in [0.1, 0.15) is 35.4 Å². The predicted molar refractivity (Wildman–Crippen MR) is 134 cm³/mol. The number of fused-ring (bicyclic) bond motifs is 3. The van der Waals surface area contributed by atoms with Gasteiger partial charge in [0.25, 0.3) is 0 Å². The van der Waals surface area contributed by atoms with Crippen molar-refractivity contribution in [2.24, 2.45) is 5.73 Å². The average Bonchev–Trinajstić information content (AvgIpc) is 3.18. The lowest BCUT2D eigenvalue weighted by atomic mass is 9.98. The third kappa shape index (κ3) is 6.16. The number of alkyl carbamates (subject to hydrolysis) is 1. The van der Waals surface area contributed by atoms with E-state index in [2.05, 4.69) is 29.6 Å². The SMILES string of the molecule is Cl.NC[C@H](CCC(=O)OCc1ccccc1)NC(=O)OCC1c2ccccc2-c2ccccc21. The normalized spacial score (nSPS) is 12.6. The second-order valence-electron chi connectivity index (χ2n) is 8.09. The van der Waals surface area contributed by atoms with Crippen molar-refractivity contribution in [2.45, 2.75) is 31.4 Å². The summed E-state index contributed by atoms with van der Waals surface area (Å²) in [4.78, 5) is 24.5. The minimum absolute atomic E-state index is 0. The van der Waals surface area contributed by atoms with Gasteiger partial charge < -0.3 is 20.5 Å². The van der Waals surface area contributed by atoms with Crippen molar-refractivity contribution in [3.05, 3.63) is 95.6 Å². The first-order chi connectivity index (χ1) is 16.2. The highest BCUT2D eigenvalue weighted by atomic mass is 35.5. The molecular formula is C27H29ClN2O4. The number of hydrogen-bond acceptors (Lipinski definition) is 5. The fourth-order valence-corrected chi connectivity index (χ4v) is 4.16. The van der Waals surface area contributed by atoms with Gasteiger partial charge in [0, 0.05) is 24.9 Å². The average molecular weight is 481 g/mol. The van der Waals surface area contributed by atoms with Crippen molar-refractivity contribution in [1.29, 1.82) is 0 Å². The van der Waals surface area contributed by atoms with Crippen LogP contribution >= 0.6 is 12.4 Å². The van der Waals surface area contributed by atoms with E-state index in [1.165, 1.54) is 11.1 Å². The molecule has 0 spiro atoms. The lowest BCUT2D eigenvalue weighted by molar-refractivity contribution is -0.145. The second kappa shape index (κ2) is 12.2. The minimum atomic E-state index is -0.537. The molecule has 7 heteroatoms. The molecule has 0 aromatic heterocycles. The highest BCUT2D eigenvalue weighted by Gasteiger charge is 2.29. The van der Waals surface area contributed by atoms with E-state index in [1.807, 2.05) is 54.6 Å². The maximum atomic E-state index is 12.4. The number of halogens is 1. The van der Waals surface area contributed by atoms with Gasteiger partial charge in [-0.2, -0.15) is 0 Å². The Kier molecular flexibility index (Phi) is 9.08. The standard InChI is InChI=1S/C27H28N2O4.ClH/c28-16-20(14-15-26(30)32-17-19-8-2-1-3-9-19)29-27(31)33-18-25-23-12-6-4-10-21(23)22-11-5-7-13-24(22)25;/h1-13,20,25H,14-18,28H2,(H,29,31);1H/t20-;/m0./s1. The Labute approximate surface area is 205 Å². The van der Waals surface area contributed by atoms with Gasteiger partial charge in [-0.15, -0.1) is 12.4 Å². The van der Waals surface area contributed by atoms with Gasteiger partial charge >= 0.3 is 12.1 Å². The molecule has 0 aliphatic heterocycles. The molecule has 1 aliphatic rings. The van der Waals surface area contributed by atoms with Crippen LogP contribution in [0.2, 0.25) is 0 Å². The zero-order chi connectivity index (χ0) is 23.0. The number of hydrogen-bond donors (Lipinski definition) is 2.